The van der Waals surface area contributed by atoms with Crippen molar-refractivity contribution in [2.45, 2.75) is 38.6 Å². The second kappa shape index (κ2) is 9.05. The fourth-order valence-electron chi connectivity index (χ4n) is 3.35. The summed E-state index contributed by atoms with van der Waals surface area (Å²) in [5.74, 6) is 0.654. The third-order valence-corrected chi connectivity index (χ3v) is 5.29. The van der Waals surface area contributed by atoms with Gasteiger partial charge < -0.3 is 10.2 Å². The number of carbonyl (C=O) groups excluding carboxylic acids is 1. The Morgan fingerprint density at radius 3 is 2.56 bits per heavy atom. The first-order valence-electron chi connectivity index (χ1n) is 10.5. The number of nitrogens with zero attached hydrogens (tertiary/aromatic N) is 4. The number of amidine groups is 1. The molecule has 0 atom stereocenters. The van der Waals surface area contributed by atoms with Gasteiger partial charge in [-0.1, -0.05) is 12.1 Å². The van der Waals surface area contributed by atoms with Crippen molar-refractivity contribution in [1.82, 2.24) is 19.9 Å². The van der Waals surface area contributed by atoms with Crippen molar-refractivity contribution in [1.29, 1.82) is 10.8 Å². The van der Waals surface area contributed by atoms with E-state index in [0.29, 0.717) is 17.4 Å². The summed E-state index contributed by atoms with van der Waals surface area (Å²) in [5, 5.41) is 18.6. The van der Waals surface area contributed by atoms with Crippen LogP contribution in [-0.2, 0) is 0 Å². The van der Waals surface area contributed by atoms with Crippen LogP contribution in [0, 0.1) is 10.8 Å². The summed E-state index contributed by atoms with van der Waals surface area (Å²) in [7, 11) is 0. The van der Waals surface area contributed by atoms with Crippen molar-refractivity contribution < 1.29 is 4.79 Å². The van der Waals surface area contributed by atoms with E-state index < -0.39 is 5.91 Å². The van der Waals surface area contributed by atoms with E-state index in [-0.39, 0.29) is 17.6 Å². The number of rotatable bonds is 7. The van der Waals surface area contributed by atoms with Gasteiger partial charge in [0.05, 0.1) is 6.34 Å². The van der Waals surface area contributed by atoms with Crippen LogP contribution in [0.15, 0.2) is 54.9 Å². The highest BCUT2D eigenvalue weighted by molar-refractivity contribution is 6.05. The largest absolute Gasteiger partial charge is 0.314 e. The van der Waals surface area contributed by atoms with Crippen LogP contribution in [0.2, 0.25) is 0 Å². The number of pyridine rings is 3. The minimum atomic E-state index is -0.419. The van der Waals surface area contributed by atoms with Gasteiger partial charge in [0.1, 0.15) is 17.2 Å². The molecule has 8 nitrogen and oxygen atoms in total. The second-order valence-electron chi connectivity index (χ2n) is 8.02. The van der Waals surface area contributed by atoms with E-state index in [1.54, 1.807) is 30.5 Å². The minimum absolute atomic E-state index is 0.0620. The third-order valence-electron chi connectivity index (χ3n) is 5.29. The molecule has 32 heavy (non-hydrogen) atoms. The normalized spacial score (nSPS) is 13.0. The van der Waals surface area contributed by atoms with Gasteiger partial charge in [-0.25, -0.2) is 9.97 Å². The Morgan fingerprint density at radius 2 is 1.91 bits per heavy atom. The summed E-state index contributed by atoms with van der Waals surface area (Å²) in [6.45, 7) is 3.76. The van der Waals surface area contributed by atoms with E-state index in [1.165, 1.54) is 17.7 Å². The van der Waals surface area contributed by atoms with Gasteiger partial charge in [0.25, 0.3) is 5.91 Å². The molecular weight excluding hydrogens is 402 g/mol. The molecule has 162 valence electrons. The first-order valence-corrected chi connectivity index (χ1v) is 10.5. The van der Waals surface area contributed by atoms with Crippen LogP contribution >= 0.6 is 0 Å². The van der Waals surface area contributed by atoms with Crippen LogP contribution in [-0.4, -0.2) is 44.0 Å². The minimum Gasteiger partial charge on any atom is -0.314 e. The predicted molar refractivity (Wildman–Crippen MR) is 124 cm³/mol. The molecule has 1 aliphatic carbocycles. The van der Waals surface area contributed by atoms with Gasteiger partial charge in [-0.05, 0) is 62.6 Å². The number of aromatic nitrogens is 3. The van der Waals surface area contributed by atoms with E-state index in [0.717, 1.165) is 23.2 Å². The highest BCUT2D eigenvalue weighted by Crippen LogP contribution is 2.39. The van der Waals surface area contributed by atoms with Crippen molar-refractivity contribution in [3.63, 3.8) is 0 Å². The van der Waals surface area contributed by atoms with Crippen LogP contribution in [0.5, 0.6) is 0 Å². The number of hydrogen-bond acceptors (Lipinski definition) is 6. The predicted octanol–water partition coefficient (Wildman–Crippen LogP) is 4.31. The van der Waals surface area contributed by atoms with Crippen molar-refractivity contribution in [3.05, 3.63) is 71.9 Å². The van der Waals surface area contributed by atoms with E-state index in [2.05, 4.69) is 26.3 Å². The van der Waals surface area contributed by atoms with Gasteiger partial charge in [0.15, 0.2) is 5.84 Å². The van der Waals surface area contributed by atoms with E-state index >= 15 is 0 Å². The first kappa shape index (κ1) is 21.3. The molecule has 0 spiro atoms. The maximum Gasteiger partial charge on any atom is 0.275 e. The molecule has 8 heteroatoms. The molecule has 1 fully saturated rings. The lowest BCUT2D eigenvalue weighted by molar-refractivity contribution is 0.102. The van der Waals surface area contributed by atoms with Gasteiger partial charge in [-0.2, -0.15) is 0 Å². The molecule has 0 saturated heterocycles. The summed E-state index contributed by atoms with van der Waals surface area (Å²) >= 11 is 0. The summed E-state index contributed by atoms with van der Waals surface area (Å²) < 4.78 is 0. The smallest absolute Gasteiger partial charge is 0.275 e. The monoisotopic (exact) mass is 427 g/mol. The van der Waals surface area contributed by atoms with Crippen LogP contribution in [0.3, 0.4) is 0 Å². The van der Waals surface area contributed by atoms with Crippen LogP contribution in [0.4, 0.5) is 5.82 Å². The fourth-order valence-corrected chi connectivity index (χ4v) is 3.35. The van der Waals surface area contributed by atoms with E-state index in [9.17, 15) is 4.79 Å². The number of anilines is 1. The van der Waals surface area contributed by atoms with Gasteiger partial charge in [0, 0.05) is 35.6 Å². The lowest BCUT2D eigenvalue weighted by Gasteiger charge is -2.23. The quantitative estimate of drug-likeness (QED) is 0.383. The Morgan fingerprint density at radius 1 is 1.12 bits per heavy atom. The average Bonchev–Trinajstić information content (AvgIpc) is 3.65. The number of hydrogen-bond donors (Lipinski definition) is 3. The highest BCUT2D eigenvalue weighted by Gasteiger charge is 2.24. The highest BCUT2D eigenvalue weighted by atomic mass is 16.1. The first-order chi connectivity index (χ1) is 15.5. The van der Waals surface area contributed by atoms with Crippen LogP contribution in [0.1, 0.15) is 54.5 Å². The van der Waals surface area contributed by atoms with Crippen molar-refractivity contribution in [3.8, 4) is 11.1 Å². The molecule has 1 saturated carbocycles. The lowest BCUT2D eigenvalue weighted by Crippen LogP contribution is -2.36. The topological polar surface area (TPSA) is 119 Å². The molecular formula is C24H25N7O. The summed E-state index contributed by atoms with van der Waals surface area (Å²) in [6.07, 6.45) is 7.01. The molecule has 0 aromatic carbocycles. The molecule has 3 heterocycles. The molecule has 0 aliphatic heterocycles. The van der Waals surface area contributed by atoms with Crippen molar-refractivity contribution >= 4 is 23.9 Å². The van der Waals surface area contributed by atoms with Crippen molar-refractivity contribution in [2.24, 2.45) is 0 Å². The Hall–Kier alpha value is -3.94. The average molecular weight is 428 g/mol. The zero-order chi connectivity index (χ0) is 22.7. The maximum atomic E-state index is 12.8. The second-order valence-corrected chi connectivity index (χ2v) is 8.02. The van der Waals surface area contributed by atoms with Crippen molar-refractivity contribution in [2.75, 3.05) is 5.32 Å². The standard InChI is InChI=1S/C24H25N7O/c1-15(2)31(14-25)23(26)20-4-3-5-21(29-20)24(32)30-22-12-17(10-11-27-22)18-8-9-19(28-13-18)16-6-7-16/h3-5,8-16,25-26H,6-7H2,1-2H3,(H,27,30,32). The third kappa shape index (κ3) is 4.69. The van der Waals surface area contributed by atoms with Gasteiger partial charge >= 0.3 is 0 Å². The molecule has 0 bridgehead atoms. The SMILES string of the molecule is CC(C)N(C=N)C(=N)c1cccc(C(=O)Nc2cc(-c3ccc(C4CC4)nc3)ccn2)n1. The summed E-state index contributed by atoms with van der Waals surface area (Å²) in [6, 6.07) is 12.6. The maximum absolute atomic E-state index is 12.8. The Labute approximate surface area is 186 Å². The number of amides is 1. The van der Waals surface area contributed by atoms with Gasteiger partial charge in [-0.3, -0.25) is 20.6 Å². The molecule has 3 N–H and O–H groups in total. The van der Waals surface area contributed by atoms with Crippen LogP contribution in [0.25, 0.3) is 11.1 Å². The zero-order valence-corrected chi connectivity index (χ0v) is 18.0. The summed E-state index contributed by atoms with van der Waals surface area (Å²) in [4.78, 5) is 27.4. The molecule has 1 aliphatic rings. The zero-order valence-electron chi connectivity index (χ0n) is 18.0. The summed E-state index contributed by atoms with van der Waals surface area (Å²) in [5.41, 5.74) is 3.49. The lowest BCUT2D eigenvalue weighted by atomic mass is 10.1. The number of nitrogens with one attached hydrogen (secondary N) is 3. The Bertz CT molecular complexity index is 1150. The van der Waals surface area contributed by atoms with Gasteiger partial charge in [0.2, 0.25) is 0 Å². The molecule has 0 unspecified atom stereocenters. The molecule has 4 rings (SSSR count). The van der Waals surface area contributed by atoms with E-state index in [1.807, 2.05) is 32.2 Å². The molecule has 0 radical (unpaired) electrons. The van der Waals surface area contributed by atoms with Crippen LogP contribution < -0.4 is 5.32 Å². The van der Waals surface area contributed by atoms with Gasteiger partial charge in [-0.15, -0.1) is 0 Å². The Balaban J connectivity index is 1.50. The van der Waals surface area contributed by atoms with E-state index in [4.69, 9.17) is 10.8 Å². The fraction of sp³-hybridized carbons (Fsp3) is 0.250. The Kier molecular flexibility index (Phi) is 6.02. The molecule has 3 aromatic heterocycles. The molecule has 3 aromatic rings. The molecule has 1 amide bonds. The number of carbonyl (C=O) groups is 1.